The molecule has 0 fully saturated rings. The number of carbonyl (C=O) groups is 1. The number of methoxy groups -OCH3 is 1. The van der Waals surface area contributed by atoms with Crippen molar-refractivity contribution >= 4 is 18.4 Å². The zero-order valence-corrected chi connectivity index (χ0v) is 7.17. The summed E-state index contributed by atoms with van der Waals surface area (Å²) in [6.07, 6.45) is 1.36. The van der Waals surface area contributed by atoms with Crippen LogP contribution in [0.4, 0.5) is 0 Å². The monoisotopic (exact) mass is 189 g/mol. The van der Waals surface area contributed by atoms with Crippen LogP contribution in [0.3, 0.4) is 0 Å². The first-order valence-electron chi connectivity index (χ1n) is 2.97. The summed E-state index contributed by atoms with van der Waals surface area (Å²) >= 11 is 0. The highest BCUT2D eigenvalue weighted by atomic mass is 35.5. The molecule has 0 radical (unpaired) electrons. The van der Waals surface area contributed by atoms with Crippen molar-refractivity contribution in [3.8, 4) is 5.75 Å². The summed E-state index contributed by atoms with van der Waals surface area (Å²) in [5.41, 5.74) is 0.0193. The van der Waals surface area contributed by atoms with Crippen LogP contribution in [0.15, 0.2) is 18.3 Å². The Kier molecular flexibility index (Phi) is 4.07. The highest BCUT2D eigenvalue weighted by Crippen LogP contribution is 2.07. The van der Waals surface area contributed by atoms with Crippen LogP contribution in [-0.2, 0) is 0 Å². The van der Waals surface area contributed by atoms with Gasteiger partial charge in [-0.05, 0) is 12.1 Å². The highest BCUT2D eigenvalue weighted by molar-refractivity contribution is 5.85. The number of aromatic nitrogens is 1. The lowest BCUT2D eigenvalue weighted by Gasteiger charge is -1.97. The molecule has 5 heteroatoms. The van der Waals surface area contributed by atoms with Gasteiger partial charge < -0.3 is 9.84 Å². The largest absolute Gasteiger partial charge is 0.495 e. The van der Waals surface area contributed by atoms with E-state index in [2.05, 4.69) is 4.98 Å². The molecule has 0 amide bonds. The second-order valence-corrected chi connectivity index (χ2v) is 1.89. The molecule has 0 aliphatic carbocycles. The number of pyridine rings is 1. The summed E-state index contributed by atoms with van der Waals surface area (Å²) in [6, 6.07) is 2.94. The van der Waals surface area contributed by atoms with Crippen LogP contribution >= 0.6 is 12.4 Å². The van der Waals surface area contributed by atoms with Gasteiger partial charge >= 0.3 is 5.97 Å². The van der Waals surface area contributed by atoms with Gasteiger partial charge in [0.25, 0.3) is 0 Å². The SMILES string of the molecule is COc1ccc(C(=O)O)nc1.Cl. The molecular weight excluding hydrogens is 182 g/mol. The number of hydrogen-bond donors (Lipinski definition) is 1. The fraction of sp³-hybridized carbons (Fsp3) is 0.143. The number of aromatic carboxylic acids is 1. The topological polar surface area (TPSA) is 59.4 Å². The van der Waals surface area contributed by atoms with Gasteiger partial charge in [0.1, 0.15) is 11.4 Å². The van der Waals surface area contributed by atoms with Crippen molar-refractivity contribution in [1.82, 2.24) is 4.98 Å². The lowest BCUT2D eigenvalue weighted by molar-refractivity contribution is 0.0690. The van der Waals surface area contributed by atoms with E-state index >= 15 is 0 Å². The molecule has 12 heavy (non-hydrogen) atoms. The predicted molar refractivity (Wildman–Crippen MR) is 45.0 cm³/mol. The van der Waals surface area contributed by atoms with Crippen molar-refractivity contribution in [3.63, 3.8) is 0 Å². The number of ether oxygens (including phenoxy) is 1. The minimum absolute atomic E-state index is 0. The van der Waals surface area contributed by atoms with Gasteiger partial charge in [-0.25, -0.2) is 9.78 Å². The standard InChI is InChI=1S/C7H7NO3.ClH/c1-11-5-2-3-6(7(9)10)8-4-5;/h2-4H,1H3,(H,9,10);1H. The Labute approximate surface area is 75.6 Å². The molecule has 1 N–H and O–H groups in total. The minimum Gasteiger partial charge on any atom is -0.495 e. The van der Waals surface area contributed by atoms with E-state index in [9.17, 15) is 4.79 Å². The van der Waals surface area contributed by atoms with Gasteiger partial charge in [0.2, 0.25) is 0 Å². The fourth-order valence-electron chi connectivity index (χ4n) is 0.628. The number of rotatable bonds is 2. The number of hydrogen-bond acceptors (Lipinski definition) is 3. The minimum atomic E-state index is -1.03. The van der Waals surface area contributed by atoms with Gasteiger partial charge in [-0.2, -0.15) is 0 Å². The summed E-state index contributed by atoms with van der Waals surface area (Å²) in [4.78, 5) is 13.9. The second-order valence-electron chi connectivity index (χ2n) is 1.89. The molecule has 1 heterocycles. The molecule has 0 atom stereocenters. The van der Waals surface area contributed by atoms with Gasteiger partial charge in [-0.15, -0.1) is 12.4 Å². The van der Waals surface area contributed by atoms with Crippen LogP contribution in [0.5, 0.6) is 5.75 Å². The molecule has 0 aliphatic rings. The zero-order chi connectivity index (χ0) is 8.27. The van der Waals surface area contributed by atoms with Crippen LogP contribution in [0.1, 0.15) is 10.5 Å². The maximum Gasteiger partial charge on any atom is 0.354 e. The smallest absolute Gasteiger partial charge is 0.354 e. The van der Waals surface area contributed by atoms with E-state index < -0.39 is 5.97 Å². The first-order chi connectivity index (χ1) is 5.24. The van der Waals surface area contributed by atoms with Gasteiger partial charge in [0.15, 0.2) is 0 Å². The summed E-state index contributed by atoms with van der Waals surface area (Å²) in [6.45, 7) is 0. The molecular formula is C7H8ClNO3. The molecule has 0 spiro atoms. The third-order valence-corrected chi connectivity index (χ3v) is 1.19. The third-order valence-electron chi connectivity index (χ3n) is 1.19. The second kappa shape index (κ2) is 4.56. The Balaban J connectivity index is 0.00000121. The molecule has 1 rings (SSSR count). The summed E-state index contributed by atoms with van der Waals surface area (Å²) in [5, 5.41) is 8.45. The number of halogens is 1. The van der Waals surface area contributed by atoms with E-state index in [0.29, 0.717) is 5.75 Å². The van der Waals surface area contributed by atoms with Crippen molar-refractivity contribution in [3.05, 3.63) is 24.0 Å². The van der Waals surface area contributed by atoms with Gasteiger partial charge in [0.05, 0.1) is 13.3 Å². The van der Waals surface area contributed by atoms with Crippen LogP contribution in [0.25, 0.3) is 0 Å². The normalized spacial score (nSPS) is 8.42. The van der Waals surface area contributed by atoms with E-state index in [1.54, 1.807) is 6.07 Å². The quantitative estimate of drug-likeness (QED) is 0.760. The Bertz CT molecular complexity index is 260. The van der Waals surface area contributed by atoms with Crippen molar-refractivity contribution in [2.75, 3.05) is 7.11 Å². The zero-order valence-electron chi connectivity index (χ0n) is 6.35. The van der Waals surface area contributed by atoms with Crippen LogP contribution in [0.2, 0.25) is 0 Å². The summed E-state index contributed by atoms with van der Waals surface area (Å²) in [5.74, 6) is -0.484. The Morgan fingerprint density at radius 2 is 2.25 bits per heavy atom. The lowest BCUT2D eigenvalue weighted by Crippen LogP contribution is -1.99. The van der Waals surface area contributed by atoms with E-state index in [-0.39, 0.29) is 18.1 Å². The molecule has 66 valence electrons. The third kappa shape index (κ3) is 2.39. The first-order valence-corrected chi connectivity index (χ1v) is 2.97. The van der Waals surface area contributed by atoms with E-state index in [1.807, 2.05) is 0 Å². The molecule has 0 unspecified atom stereocenters. The molecule has 0 saturated heterocycles. The van der Waals surface area contributed by atoms with Gasteiger partial charge in [0, 0.05) is 0 Å². The maximum atomic E-state index is 10.3. The van der Waals surface area contributed by atoms with Crippen LogP contribution in [-0.4, -0.2) is 23.2 Å². The van der Waals surface area contributed by atoms with Crippen molar-refractivity contribution in [2.24, 2.45) is 0 Å². The van der Waals surface area contributed by atoms with Gasteiger partial charge in [-0.3, -0.25) is 0 Å². The number of carboxylic acid groups (broad SMARTS) is 1. The Hall–Kier alpha value is -1.29. The Morgan fingerprint density at radius 1 is 1.58 bits per heavy atom. The molecule has 4 nitrogen and oxygen atoms in total. The van der Waals surface area contributed by atoms with Gasteiger partial charge in [-0.1, -0.05) is 0 Å². The maximum absolute atomic E-state index is 10.3. The molecule has 1 aromatic heterocycles. The highest BCUT2D eigenvalue weighted by Gasteiger charge is 2.02. The average Bonchev–Trinajstić information content (AvgIpc) is 2.05. The summed E-state index contributed by atoms with van der Waals surface area (Å²) < 4.78 is 4.79. The molecule has 0 saturated carbocycles. The van der Waals surface area contributed by atoms with Crippen LogP contribution < -0.4 is 4.74 Å². The molecule has 1 aromatic rings. The van der Waals surface area contributed by atoms with Crippen LogP contribution in [0, 0.1) is 0 Å². The van der Waals surface area contributed by atoms with Crippen molar-refractivity contribution < 1.29 is 14.6 Å². The van der Waals surface area contributed by atoms with Crippen molar-refractivity contribution in [1.29, 1.82) is 0 Å². The molecule has 0 aromatic carbocycles. The predicted octanol–water partition coefficient (Wildman–Crippen LogP) is 1.21. The first kappa shape index (κ1) is 10.7. The molecule has 0 bridgehead atoms. The number of nitrogens with zero attached hydrogens (tertiary/aromatic N) is 1. The lowest BCUT2D eigenvalue weighted by atomic mass is 10.3. The average molecular weight is 190 g/mol. The van der Waals surface area contributed by atoms with E-state index in [4.69, 9.17) is 9.84 Å². The molecule has 0 aliphatic heterocycles. The number of carboxylic acids is 1. The van der Waals surface area contributed by atoms with E-state index in [1.165, 1.54) is 19.4 Å². The summed E-state index contributed by atoms with van der Waals surface area (Å²) in [7, 11) is 1.50. The van der Waals surface area contributed by atoms with E-state index in [0.717, 1.165) is 0 Å². The fourth-order valence-corrected chi connectivity index (χ4v) is 0.628. The van der Waals surface area contributed by atoms with Crippen molar-refractivity contribution in [2.45, 2.75) is 0 Å². The Morgan fingerprint density at radius 3 is 2.58 bits per heavy atom.